The SMILES string of the molecule is COC(=O)c1ccc(C(=O)N(CCc2ccccc2)Cc2ccccc2)nc1. The van der Waals surface area contributed by atoms with Gasteiger partial charge in [0.2, 0.25) is 0 Å². The van der Waals surface area contributed by atoms with E-state index in [4.69, 9.17) is 0 Å². The highest BCUT2D eigenvalue weighted by atomic mass is 16.5. The van der Waals surface area contributed by atoms with E-state index >= 15 is 0 Å². The Labute approximate surface area is 164 Å². The molecular formula is C23H22N2O3. The predicted molar refractivity (Wildman–Crippen MR) is 107 cm³/mol. The summed E-state index contributed by atoms with van der Waals surface area (Å²) in [6.45, 7) is 1.06. The summed E-state index contributed by atoms with van der Waals surface area (Å²) in [5.41, 5.74) is 2.84. The summed E-state index contributed by atoms with van der Waals surface area (Å²) in [6, 6.07) is 23.0. The zero-order valence-corrected chi connectivity index (χ0v) is 15.7. The fraction of sp³-hybridized carbons (Fsp3) is 0.174. The molecule has 3 aromatic rings. The van der Waals surface area contributed by atoms with Crippen LogP contribution in [0.15, 0.2) is 79.0 Å². The zero-order valence-electron chi connectivity index (χ0n) is 15.7. The van der Waals surface area contributed by atoms with E-state index in [2.05, 4.69) is 21.9 Å². The van der Waals surface area contributed by atoms with Gasteiger partial charge in [-0.3, -0.25) is 9.78 Å². The topological polar surface area (TPSA) is 59.5 Å². The Bertz CT molecular complexity index is 910. The Hall–Kier alpha value is -3.47. The molecule has 5 heteroatoms. The molecule has 1 aromatic heterocycles. The van der Waals surface area contributed by atoms with Gasteiger partial charge in [-0.15, -0.1) is 0 Å². The van der Waals surface area contributed by atoms with Crippen molar-refractivity contribution in [2.75, 3.05) is 13.7 Å². The zero-order chi connectivity index (χ0) is 19.8. The van der Waals surface area contributed by atoms with Crippen molar-refractivity contribution < 1.29 is 14.3 Å². The molecule has 0 spiro atoms. The third kappa shape index (κ3) is 5.04. The first-order valence-corrected chi connectivity index (χ1v) is 9.09. The molecule has 142 valence electrons. The lowest BCUT2D eigenvalue weighted by molar-refractivity contribution is 0.0599. The highest BCUT2D eigenvalue weighted by Gasteiger charge is 2.18. The van der Waals surface area contributed by atoms with E-state index in [1.807, 2.05) is 48.5 Å². The number of pyridine rings is 1. The van der Waals surface area contributed by atoms with Crippen molar-refractivity contribution in [3.8, 4) is 0 Å². The van der Waals surface area contributed by atoms with Gasteiger partial charge in [-0.1, -0.05) is 60.7 Å². The molecule has 0 aliphatic rings. The predicted octanol–water partition coefficient (Wildman–Crippen LogP) is 3.75. The van der Waals surface area contributed by atoms with E-state index in [1.165, 1.54) is 18.9 Å². The third-order valence-electron chi connectivity index (χ3n) is 4.42. The molecule has 28 heavy (non-hydrogen) atoms. The summed E-state index contributed by atoms with van der Waals surface area (Å²) < 4.78 is 4.68. The van der Waals surface area contributed by atoms with E-state index in [9.17, 15) is 9.59 Å². The molecule has 0 fully saturated rings. The monoisotopic (exact) mass is 374 g/mol. The molecule has 0 unspecified atom stereocenters. The van der Waals surface area contributed by atoms with Gasteiger partial charge in [0.05, 0.1) is 12.7 Å². The molecule has 3 rings (SSSR count). The summed E-state index contributed by atoms with van der Waals surface area (Å²) in [6.07, 6.45) is 2.12. The molecule has 5 nitrogen and oxygen atoms in total. The maximum Gasteiger partial charge on any atom is 0.339 e. The van der Waals surface area contributed by atoms with Gasteiger partial charge in [0, 0.05) is 19.3 Å². The lowest BCUT2D eigenvalue weighted by Gasteiger charge is -2.23. The standard InChI is InChI=1S/C23H22N2O3/c1-28-23(27)20-12-13-21(24-16-20)22(26)25(17-19-10-6-3-7-11-19)15-14-18-8-4-2-5-9-18/h2-13,16H,14-15,17H2,1H3. The first-order chi connectivity index (χ1) is 13.7. The molecular weight excluding hydrogens is 352 g/mol. The van der Waals surface area contributed by atoms with Crippen LogP contribution in [-0.4, -0.2) is 35.4 Å². The van der Waals surface area contributed by atoms with Crippen molar-refractivity contribution >= 4 is 11.9 Å². The molecule has 2 aromatic carbocycles. The molecule has 0 N–H and O–H groups in total. The fourth-order valence-electron chi connectivity index (χ4n) is 2.89. The number of benzene rings is 2. The number of nitrogens with zero attached hydrogens (tertiary/aromatic N) is 2. The molecule has 1 heterocycles. The first kappa shape index (κ1) is 19.3. The van der Waals surface area contributed by atoms with E-state index in [1.54, 1.807) is 17.0 Å². The summed E-state index contributed by atoms with van der Waals surface area (Å²) in [4.78, 5) is 30.6. The average Bonchev–Trinajstić information content (AvgIpc) is 2.77. The van der Waals surface area contributed by atoms with Crippen LogP contribution in [0.3, 0.4) is 0 Å². The number of rotatable bonds is 7. The average molecular weight is 374 g/mol. The van der Waals surface area contributed by atoms with Crippen molar-refractivity contribution in [3.05, 3.63) is 101 Å². The van der Waals surface area contributed by atoms with Crippen molar-refractivity contribution in [2.24, 2.45) is 0 Å². The lowest BCUT2D eigenvalue weighted by atomic mass is 10.1. The van der Waals surface area contributed by atoms with Crippen LogP contribution >= 0.6 is 0 Å². The van der Waals surface area contributed by atoms with Gasteiger partial charge in [-0.05, 0) is 29.7 Å². The number of hydrogen-bond acceptors (Lipinski definition) is 4. The molecule has 0 radical (unpaired) electrons. The number of aromatic nitrogens is 1. The van der Waals surface area contributed by atoms with Crippen LogP contribution in [0.5, 0.6) is 0 Å². The number of carbonyl (C=O) groups excluding carboxylic acids is 2. The van der Waals surface area contributed by atoms with Gasteiger partial charge >= 0.3 is 5.97 Å². The second-order valence-corrected chi connectivity index (χ2v) is 6.37. The Kier molecular flexibility index (Phi) is 6.52. The molecule has 0 saturated heterocycles. The van der Waals surface area contributed by atoms with Crippen LogP contribution in [0.25, 0.3) is 0 Å². The Morgan fingerprint density at radius 1 is 0.893 bits per heavy atom. The van der Waals surface area contributed by atoms with E-state index < -0.39 is 5.97 Å². The van der Waals surface area contributed by atoms with Crippen LogP contribution in [0.2, 0.25) is 0 Å². The van der Waals surface area contributed by atoms with Gasteiger partial charge in [0.15, 0.2) is 0 Å². The molecule has 0 aliphatic heterocycles. The molecule has 1 amide bonds. The minimum absolute atomic E-state index is 0.170. The van der Waals surface area contributed by atoms with Crippen LogP contribution in [-0.2, 0) is 17.7 Å². The van der Waals surface area contributed by atoms with Crippen LogP contribution in [0.1, 0.15) is 32.0 Å². The van der Waals surface area contributed by atoms with E-state index in [0.717, 1.165) is 12.0 Å². The maximum absolute atomic E-state index is 13.1. The minimum Gasteiger partial charge on any atom is -0.465 e. The van der Waals surface area contributed by atoms with Crippen molar-refractivity contribution in [1.82, 2.24) is 9.88 Å². The first-order valence-electron chi connectivity index (χ1n) is 9.09. The molecule has 0 aliphatic carbocycles. The van der Waals surface area contributed by atoms with Crippen molar-refractivity contribution in [3.63, 3.8) is 0 Å². The van der Waals surface area contributed by atoms with E-state index in [0.29, 0.717) is 24.3 Å². The molecule has 0 bridgehead atoms. The summed E-state index contributed by atoms with van der Waals surface area (Å²) in [5, 5.41) is 0. The minimum atomic E-state index is -0.475. The maximum atomic E-state index is 13.1. The second-order valence-electron chi connectivity index (χ2n) is 6.37. The van der Waals surface area contributed by atoms with Gasteiger partial charge in [-0.25, -0.2) is 4.79 Å². The quantitative estimate of drug-likeness (QED) is 0.591. The van der Waals surface area contributed by atoms with Crippen molar-refractivity contribution in [1.29, 1.82) is 0 Å². The number of amides is 1. The Morgan fingerprint density at radius 3 is 2.11 bits per heavy atom. The smallest absolute Gasteiger partial charge is 0.339 e. The third-order valence-corrected chi connectivity index (χ3v) is 4.42. The van der Waals surface area contributed by atoms with Gasteiger partial charge < -0.3 is 9.64 Å². The van der Waals surface area contributed by atoms with Crippen LogP contribution in [0, 0.1) is 0 Å². The summed E-state index contributed by atoms with van der Waals surface area (Å²) in [5.74, 6) is -0.645. The largest absolute Gasteiger partial charge is 0.465 e. The summed E-state index contributed by atoms with van der Waals surface area (Å²) in [7, 11) is 1.31. The Morgan fingerprint density at radius 2 is 1.54 bits per heavy atom. The number of esters is 1. The highest BCUT2D eigenvalue weighted by molar-refractivity contribution is 5.94. The van der Waals surface area contributed by atoms with Gasteiger partial charge in [-0.2, -0.15) is 0 Å². The number of ether oxygens (including phenoxy) is 1. The fourth-order valence-corrected chi connectivity index (χ4v) is 2.89. The number of methoxy groups -OCH3 is 1. The van der Waals surface area contributed by atoms with Gasteiger partial charge in [0.25, 0.3) is 5.91 Å². The number of carbonyl (C=O) groups is 2. The highest BCUT2D eigenvalue weighted by Crippen LogP contribution is 2.12. The molecule has 0 saturated carbocycles. The van der Waals surface area contributed by atoms with E-state index in [-0.39, 0.29) is 5.91 Å². The molecule has 0 atom stereocenters. The number of hydrogen-bond donors (Lipinski definition) is 0. The summed E-state index contributed by atoms with van der Waals surface area (Å²) >= 11 is 0. The van der Waals surface area contributed by atoms with Gasteiger partial charge in [0.1, 0.15) is 5.69 Å². The lowest BCUT2D eigenvalue weighted by Crippen LogP contribution is -2.33. The second kappa shape index (κ2) is 9.46. The van der Waals surface area contributed by atoms with Crippen LogP contribution in [0.4, 0.5) is 0 Å². The van der Waals surface area contributed by atoms with Crippen LogP contribution < -0.4 is 0 Å². The normalized spacial score (nSPS) is 10.3. The Balaban J connectivity index is 1.78. The van der Waals surface area contributed by atoms with Crippen molar-refractivity contribution in [2.45, 2.75) is 13.0 Å².